The molecule has 0 aliphatic heterocycles. The van der Waals surface area contributed by atoms with Gasteiger partial charge in [0.05, 0.1) is 11.8 Å². The first kappa shape index (κ1) is 19.9. The molecule has 0 aliphatic carbocycles. The van der Waals surface area contributed by atoms with Crippen LogP contribution in [0.4, 0.5) is 24.5 Å². The van der Waals surface area contributed by atoms with Crippen molar-refractivity contribution in [2.45, 2.75) is 6.18 Å². The van der Waals surface area contributed by atoms with Gasteiger partial charge in [0, 0.05) is 17.5 Å². The van der Waals surface area contributed by atoms with Gasteiger partial charge in [-0.2, -0.15) is 13.2 Å². The van der Waals surface area contributed by atoms with Crippen molar-refractivity contribution in [2.24, 2.45) is 0 Å². The Hall–Kier alpha value is -3.81. The Morgan fingerprint density at radius 3 is 2.31 bits per heavy atom. The fourth-order valence-corrected chi connectivity index (χ4v) is 2.45. The standard InChI is InChI=1S/C21H15F3N2O3/c22-21(23,24)15-5-1-4-14(12-15)9-10-19(27)25-16-6-2-7-17(13-16)26-20(28)18-8-3-11-29-18/h1-13H,(H,25,27)(H,26,28)/b10-9+. The van der Waals surface area contributed by atoms with E-state index in [4.69, 9.17) is 4.42 Å². The monoisotopic (exact) mass is 400 g/mol. The van der Waals surface area contributed by atoms with Gasteiger partial charge in [-0.3, -0.25) is 9.59 Å². The zero-order chi connectivity index (χ0) is 20.9. The number of alkyl halides is 3. The van der Waals surface area contributed by atoms with Crippen LogP contribution in [0.25, 0.3) is 6.08 Å². The van der Waals surface area contributed by atoms with Crippen LogP contribution in [0.3, 0.4) is 0 Å². The van der Waals surface area contributed by atoms with Crippen LogP contribution in [0, 0.1) is 0 Å². The Morgan fingerprint density at radius 1 is 0.897 bits per heavy atom. The molecule has 0 saturated heterocycles. The predicted molar refractivity (Wildman–Crippen MR) is 102 cm³/mol. The van der Waals surface area contributed by atoms with E-state index in [-0.39, 0.29) is 11.3 Å². The van der Waals surface area contributed by atoms with E-state index in [0.29, 0.717) is 11.4 Å². The summed E-state index contributed by atoms with van der Waals surface area (Å²) in [6.45, 7) is 0. The van der Waals surface area contributed by atoms with E-state index in [2.05, 4.69) is 10.6 Å². The smallest absolute Gasteiger partial charge is 0.416 e. The molecule has 1 heterocycles. The summed E-state index contributed by atoms with van der Waals surface area (Å²) in [5.41, 5.74) is 0.293. The largest absolute Gasteiger partial charge is 0.459 e. The number of nitrogens with one attached hydrogen (secondary N) is 2. The molecular formula is C21H15F3N2O3. The van der Waals surface area contributed by atoms with Crippen molar-refractivity contribution < 1.29 is 27.2 Å². The van der Waals surface area contributed by atoms with Gasteiger partial charge in [-0.05, 0) is 54.1 Å². The maximum atomic E-state index is 12.7. The molecule has 0 atom stereocenters. The van der Waals surface area contributed by atoms with Crippen LogP contribution < -0.4 is 10.6 Å². The zero-order valence-corrected chi connectivity index (χ0v) is 14.9. The van der Waals surface area contributed by atoms with Gasteiger partial charge in [0.2, 0.25) is 5.91 Å². The molecule has 8 heteroatoms. The summed E-state index contributed by atoms with van der Waals surface area (Å²) in [5, 5.41) is 5.21. The third kappa shape index (κ3) is 5.58. The number of benzene rings is 2. The Morgan fingerprint density at radius 2 is 1.62 bits per heavy atom. The highest BCUT2D eigenvalue weighted by Crippen LogP contribution is 2.29. The number of rotatable bonds is 5. The van der Waals surface area contributed by atoms with E-state index >= 15 is 0 Å². The summed E-state index contributed by atoms with van der Waals surface area (Å²) < 4.78 is 43.2. The molecule has 3 rings (SSSR count). The lowest BCUT2D eigenvalue weighted by atomic mass is 10.1. The minimum Gasteiger partial charge on any atom is -0.459 e. The summed E-state index contributed by atoms with van der Waals surface area (Å²) in [4.78, 5) is 24.0. The summed E-state index contributed by atoms with van der Waals surface area (Å²) in [6, 6.07) is 14.2. The number of anilines is 2. The molecule has 0 bridgehead atoms. The minimum absolute atomic E-state index is 0.142. The van der Waals surface area contributed by atoms with Crippen LogP contribution in [0.5, 0.6) is 0 Å². The Kier molecular flexibility index (Phi) is 5.82. The second-order valence-corrected chi connectivity index (χ2v) is 5.96. The average molecular weight is 400 g/mol. The number of hydrogen-bond acceptors (Lipinski definition) is 3. The summed E-state index contributed by atoms with van der Waals surface area (Å²) in [6.07, 6.45) is -0.661. The molecule has 0 spiro atoms. The Labute approximate surface area is 163 Å². The number of carbonyl (C=O) groups is 2. The zero-order valence-electron chi connectivity index (χ0n) is 14.9. The molecule has 0 radical (unpaired) electrons. The normalized spacial score (nSPS) is 11.4. The molecule has 29 heavy (non-hydrogen) atoms. The van der Waals surface area contributed by atoms with Gasteiger partial charge in [-0.15, -0.1) is 0 Å². The van der Waals surface area contributed by atoms with Gasteiger partial charge in [0.1, 0.15) is 0 Å². The van der Waals surface area contributed by atoms with Crippen LogP contribution >= 0.6 is 0 Å². The molecule has 0 aliphatic rings. The van der Waals surface area contributed by atoms with Crippen LogP contribution in [0.2, 0.25) is 0 Å². The van der Waals surface area contributed by atoms with Crippen LogP contribution in [0.1, 0.15) is 21.7 Å². The van der Waals surface area contributed by atoms with Crippen molar-refractivity contribution in [1.29, 1.82) is 0 Å². The second kappa shape index (κ2) is 8.47. The van der Waals surface area contributed by atoms with Gasteiger partial charge in [0.25, 0.3) is 5.91 Å². The number of furan rings is 1. The molecule has 2 amide bonds. The lowest BCUT2D eigenvalue weighted by Crippen LogP contribution is -2.12. The highest BCUT2D eigenvalue weighted by atomic mass is 19.4. The van der Waals surface area contributed by atoms with Crippen molar-refractivity contribution in [2.75, 3.05) is 10.6 Å². The van der Waals surface area contributed by atoms with E-state index in [1.165, 1.54) is 36.6 Å². The van der Waals surface area contributed by atoms with Crippen molar-refractivity contribution >= 4 is 29.3 Å². The van der Waals surface area contributed by atoms with Gasteiger partial charge in [-0.1, -0.05) is 18.2 Å². The van der Waals surface area contributed by atoms with E-state index in [0.717, 1.165) is 18.2 Å². The number of hydrogen-bond donors (Lipinski definition) is 2. The first-order valence-corrected chi connectivity index (χ1v) is 8.42. The van der Waals surface area contributed by atoms with Gasteiger partial charge in [-0.25, -0.2) is 0 Å². The molecule has 1 aromatic heterocycles. The average Bonchev–Trinajstić information content (AvgIpc) is 3.21. The first-order valence-electron chi connectivity index (χ1n) is 8.42. The molecule has 0 unspecified atom stereocenters. The van der Waals surface area contributed by atoms with Crippen molar-refractivity contribution in [3.05, 3.63) is 89.9 Å². The summed E-state index contributed by atoms with van der Waals surface area (Å²) in [5.74, 6) is -0.830. The van der Waals surface area contributed by atoms with Crippen LogP contribution in [-0.4, -0.2) is 11.8 Å². The van der Waals surface area contributed by atoms with Gasteiger partial charge >= 0.3 is 6.18 Å². The molecule has 0 fully saturated rings. The van der Waals surface area contributed by atoms with Crippen LogP contribution in [0.15, 0.2) is 77.4 Å². The number of carbonyl (C=O) groups excluding carboxylic acids is 2. The molecule has 148 valence electrons. The number of halogens is 3. The molecule has 2 aromatic carbocycles. The van der Waals surface area contributed by atoms with Crippen molar-refractivity contribution in [3.8, 4) is 0 Å². The number of amides is 2. The lowest BCUT2D eigenvalue weighted by molar-refractivity contribution is -0.137. The van der Waals surface area contributed by atoms with Crippen molar-refractivity contribution in [3.63, 3.8) is 0 Å². The quantitative estimate of drug-likeness (QED) is 0.578. The second-order valence-electron chi connectivity index (χ2n) is 5.96. The predicted octanol–water partition coefficient (Wildman–Crippen LogP) is 5.20. The molecule has 0 saturated carbocycles. The molecule has 3 aromatic rings. The maximum Gasteiger partial charge on any atom is 0.416 e. The first-order chi connectivity index (χ1) is 13.8. The Bertz CT molecular complexity index is 1040. The van der Waals surface area contributed by atoms with Gasteiger partial charge < -0.3 is 15.1 Å². The van der Waals surface area contributed by atoms with E-state index in [1.54, 1.807) is 24.3 Å². The topological polar surface area (TPSA) is 71.3 Å². The molecule has 5 nitrogen and oxygen atoms in total. The summed E-state index contributed by atoms with van der Waals surface area (Å²) in [7, 11) is 0. The fraction of sp³-hybridized carbons (Fsp3) is 0.0476. The Balaban J connectivity index is 1.64. The SMILES string of the molecule is O=C(/C=C/c1cccc(C(F)(F)F)c1)Nc1cccc(NC(=O)c2ccco2)c1. The van der Waals surface area contributed by atoms with E-state index in [1.807, 2.05) is 0 Å². The highest BCUT2D eigenvalue weighted by molar-refractivity contribution is 6.04. The summed E-state index contributed by atoms with van der Waals surface area (Å²) >= 11 is 0. The lowest BCUT2D eigenvalue weighted by Gasteiger charge is -2.07. The van der Waals surface area contributed by atoms with Crippen molar-refractivity contribution in [1.82, 2.24) is 0 Å². The fourth-order valence-electron chi connectivity index (χ4n) is 2.45. The maximum absolute atomic E-state index is 12.7. The van der Waals surface area contributed by atoms with Crippen LogP contribution in [-0.2, 0) is 11.0 Å². The van der Waals surface area contributed by atoms with Gasteiger partial charge in [0.15, 0.2) is 5.76 Å². The van der Waals surface area contributed by atoms with E-state index in [9.17, 15) is 22.8 Å². The minimum atomic E-state index is -4.45. The molecule has 2 N–H and O–H groups in total. The molecular weight excluding hydrogens is 385 g/mol. The van der Waals surface area contributed by atoms with E-state index < -0.39 is 23.6 Å². The third-order valence-corrected chi connectivity index (χ3v) is 3.77. The highest BCUT2D eigenvalue weighted by Gasteiger charge is 2.30. The third-order valence-electron chi connectivity index (χ3n) is 3.77.